The standard InChI is InChI=1S/C20H24Cl2N6O/c1-27-20-16(12-26-27)19(24-13-25-20)23-7-2-8-28-9-5-14(6-10-28)29-15-3-4-17(21)18(22)11-15/h3-4,11-14H,2,5-10H2,1H3,(H,23,24,25). The molecule has 7 nitrogen and oxygen atoms in total. The van der Waals surface area contributed by atoms with Gasteiger partial charge in [-0.05, 0) is 37.9 Å². The number of aryl methyl sites for hydroxylation is 1. The highest BCUT2D eigenvalue weighted by atomic mass is 35.5. The molecule has 3 aromatic rings. The fourth-order valence-corrected chi connectivity index (χ4v) is 3.89. The van der Waals surface area contributed by atoms with Crippen LogP contribution in [0.2, 0.25) is 10.0 Å². The number of halogens is 2. The molecule has 1 saturated heterocycles. The van der Waals surface area contributed by atoms with E-state index in [-0.39, 0.29) is 6.10 Å². The molecule has 0 spiro atoms. The van der Waals surface area contributed by atoms with E-state index in [1.807, 2.05) is 13.1 Å². The molecular weight excluding hydrogens is 411 g/mol. The van der Waals surface area contributed by atoms with E-state index in [1.54, 1.807) is 29.3 Å². The van der Waals surface area contributed by atoms with E-state index in [2.05, 4.69) is 25.3 Å². The first-order valence-electron chi connectivity index (χ1n) is 9.81. The lowest BCUT2D eigenvalue weighted by Crippen LogP contribution is -2.39. The second kappa shape index (κ2) is 9.15. The lowest BCUT2D eigenvalue weighted by molar-refractivity contribution is 0.100. The number of nitrogens with one attached hydrogen (secondary N) is 1. The predicted molar refractivity (Wildman–Crippen MR) is 116 cm³/mol. The number of anilines is 1. The van der Waals surface area contributed by atoms with E-state index in [9.17, 15) is 0 Å². The first-order chi connectivity index (χ1) is 14.1. The van der Waals surface area contributed by atoms with Gasteiger partial charge in [-0.2, -0.15) is 5.10 Å². The second-order valence-electron chi connectivity index (χ2n) is 7.24. The third-order valence-corrected chi connectivity index (χ3v) is 5.94. The Morgan fingerprint density at radius 3 is 2.79 bits per heavy atom. The molecule has 1 fully saturated rings. The number of benzene rings is 1. The molecule has 0 bridgehead atoms. The fraction of sp³-hybridized carbons (Fsp3) is 0.450. The molecule has 0 unspecified atom stereocenters. The zero-order chi connectivity index (χ0) is 20.2. The summed E-state index contributed by atoms with van der Waals surface area (Å²) in [6, 6.07) is 5.44. The highest BCUT2D eigenvalue weighted by Crippen LogP contribution is 2.28. The van der Waals surface area contributed by atoms with Crippen LogP contribution in [0.25, 0.3) is 11.0 Å². The van der Waals surface area contributed by atoms with Crippen molar-refractivity contribution in [2.24, 2.45) is 7.05 Å². The van der Waals surface area contributed by atoms with Crippen LogP contribution in [-0.4, -0.2) is 56.9 Å². The number of hydrogen-bond donors (Lipinski definition) is 1. The van der Waals surface area contributed by atoms with E-state index in [4.69, 9.17) is 27.9 Å². The van der Waals surface area contributed by atoms with Crippen molar-refractivity contribution < 1.29 is 4.74 Å². The fourth-order valence-electron chi connectivity index (χ4n) is 3.61. The van der Waals surface area contributed by atoms with Gasteiger partial charge < -0.3 is 15.0 Å². The Hall–Kier alpha value is -2.09. The molecule has 2 aromatic heterocycles. The smallest absolute Gasteiger partial charge is 0.163 e. The molecule has 1 aliphatic rings. The summed E-state index contributed by atoms with van der Waals surface area (Å²) in [5.41, 5.74) is 0.839. The number of ether oxygens (including phenoxy) is 1. The maximum Gasteiger partial charge on any atom is 0.163 e. The van der Waals surface area contributed by atoms with Gasteiger partial charge in [-0.15, -0.1) is 0 Å². The van der Waals surface area contributed by atoms with Gasteiger partial charge in [0.15, 0.2) is 5.65 Å². The molecule has 3 heterocycles. The van der Waals surface area contributed by atoms with Crippen molar-refractivity contribution in [2.45, 2.75) is 25.4 Å². The number of aromatic nitrogens is 4. The molecule has 1 aromatic carbocycles. The maximum atomic E-state index is 6.06. The Kier molecular flexibility index (Phi) is 6.37. The van der Waals surface area contributed by atoms with E-state index in [1.165, 1.54) is 0 Å². The monoisotopic (exact) mass is 434 g/mol. The van der Waals surface area contributed by atoms with Gasteiger partial charge in [0, 0.05) is 32.7 Å². The molecule has 0 radical (unpaired) electrons. The summed E-state index contributed by atoms with van der Waals surface area (Å²) in [5, 5.41) is 9.69. The average Bonchev–Trinajstić information content (AvgIpc) is 3.11. The quantitative estimate of drug-likeness (QED) is 0.566. The predicted octanol–water partition coefficient (Wildman–Crippen LogP) is 4.02. The molecule has 0 saturated carbocycles. The molecule has 0 aliphatic carbocycles. The van der Waals surface area contributed by atoms with Gasteiger partial charge in [-0.25, -0.2) is 9.97 Å². The molecule has 0 amide bonds. The third kappa shape index (κ3) is 4.91. The van der Waals surface area contributed by atoms with Gasteiger partial charge in [-0.1, -0.05) is 23.2 Å². The zero-order valence-electron chi connectivity index (χ0n) is 16.3. The van der Waals surface area contributed by atoms with Crippen LogP contribution in [0.3, 0.4) is 0 Å². The van der Waals surface area contributed by atoms with Crippen molar-refractivity contribution in [1.29, 1.82) is 0 Å². The van der Waals surface area contributed by atoms with Crippen molar-refractivity contribution in [3.05, 3.63) is 40.8 Å². The Labute approximate surface area is 180 Å². The number of nitrogens with zero attached hydrogens (tertiary/aromatic N) is 5. The van der Waals surface area contributed by atoms with Crippen LogP contribution < -0.4 is 10.1 Å². The minimum atomic E-state index is 0.224. The molecule has 1 aliphatic heterocycles. The molecule has 29 heavy (non-hydrogen) atoms. The summed E-state index contributed by atoms with van der Waals surface area (Å²) in [7, 11) is 1.88. The molecular formula is C20H24Cl2N6O. The molecule has 9 heteroatoms. The third-order valence-electron chi connectivity index (χ3n) is 5.20. The van der Waals surface area contributed by atoms with Gasteiger partial charge in [0.05, 0.1) is 21.6 Å². The van der Waals surface area contributed by atoms with E-state index in [0.29, 0.717) is 10.0 Å². The Balaban J connectivity index is 1.19. The topological polar surface area (TPSA) is 68.1 Å². The van der Waals surface area contributed by atoms with Crippen molar-refractivity contribution in [3.63, 3.8) is 0 Å². The number of piperidine rings is 1. The van der Waals surface area contributed by atoms with Crippen molar-refractivity contribution in [1.82, 2.24) is 24.6 Å². The molecule has 0 atom stereocenters. The summed E-state index contributed by atoms with van der Waals surface area (Å²) in [5.74, 6) is 1.63. The minimum Gasteiger partial charge on any atom is -0.490 e. The van der Waals surface area contributed by atoms with Crippen LogP contribution in [-0.2, 0) is 7.05 Å². The molecule has 1 N–H and O–H groups in total. The summed E-state index contributed by atoms with van der Waals surface area (Å²) in [6.45, 7) is 3.98. The van der Waals surface area contributed by atoms with Crippen molar-refractivity contribution >= 4 is 40.1 Å². The van der Waals surface area contributed by atoms with Gasteiger partial charge in [0.2, 0.25) is 0 Å². The normalized spacial score (nSPS) is 15.7. The highest BCUT2D eigenvalue weighted by Gasteiger charge is 2.20. The van der Waals surface area contributed by atoms with Gasteiger partial charge in [0.25, 0.3) is 0 Å². The summed E-state index contributed by atoms with van der Waals surface area (Å²) < 4.78 is 7.82. The number of hydrogen-bond acceptors (Lipinski definition) is 6. The maximum absolute atomic E-state index is 6.06. The number of likely N-dealkylation sites (tertiary alicyclic amines) is 1. The minimum absolute atomic E-state index is 0.224. The molecule has 4 rings (SSSR count). The lowest BCUT2D eigenvalue weighted by atomic mass is 10.1. The van der Waals surface area contributed by atoms with Crippen LogP contribution >= 0.6 is 23.2 Å². The Bertz CT molecular complexity index is 971. The van der Waals surface area contributed by atoms with Crippen LogP contribution in [0.5, 0.6) is 5.75 Å². The van der Waals surface area contributed by atoms with Crippen molar-refractivity contribution in [3.8, 4) is 5.75 Å². The van der Waals surface area contributed by atoms with E-state index < -0.39 is 0 Å². The summed E-state index contributed by atoms with van der Waals surface area (Å²) in [6.07, 6.45) is 6.67. The van der Waals surface area contributed by atoms with Gasteiger partial charge in [0.1, 0.15) is 24.0 Å². The van der Waals surface area contributed by atoms with Crippen LogP contribution in [0, 0.1) is 0 Å². The van der Waals surface area contributed by atoms with Gasteiger partial charge >= 0.3 is 0 Å². The molecule has 154 valence electrons. The van der Waals surface area contributed by atoms with Gasteiger partial charge in [-0.3, -0.25) is 4.68 Å². The Morgan fingerprint density at radius 1 is 1.17 bits per heavy atom. The highest BCUT2D eigenvalue weighted by molar-refractivity contribution is 6.42. The number of fused-ring (bicyclic) bond motifs is 1. The second-order valence-corrected chi connectivity index (χ2v) is 8.06. The van der Waals surface area contributed by atoms with Crippen molar-refractivity contribution in [2.75, 3.05) is 31.5 Å². The Morgan fingerprint density at radius 2 is 2.00 bits per heavy atom. The summed E-state index contributed by atoms with van der Waals surface area (Å²) >= 11 is 12.0. The largest absolute Gasteiger partial charge is 0.490 e. The first-order valence-corrected chi connectivity index (χ1v) is 10.6. The van der Waals surface area contributed by atoms with E-state index >= 15 is 0 Å². The van der Waals surface area contributed by atoms with Crippen LogP contribution in [0.4, 0.5) is 5.82 Å². The summed E-state index contributed by atoms with van der Waals surface area (Å²) in [4.78, 5) is 11.1. The zero-order valence-corrected chi connectivity index (χ0v) is 17.8. The van der Waals surface area contributed by atoms with Crippen LogP contribution in [0.15, 0.2) is 30.7 Å². The average molecular weight is 435 g/mol. The lowest BCUT2D eigenvalue weighted by Gasteiger charge is -2.32. The van der Waals surface area contributed by atoms with Crippen LogP contribution in [0.1, 0.15) is 19.3 Å². The van der Waals surface area contributed by atoms with E-state index in [0.717, 1.165) is 68.0 Å². The SMILES string of the molecule is Cn1ncc2c(NCCCN3CCC(Oc4ccc(Cl)c(Cl)c4)CC3)ncnc21. The number of rotatable bonds is 7. The first kappa shape index (κ1) is 20.2.